The summed E-state index contributed by atoms with van der Waals surface area (Å²) in [6.45, 7) is 0.411. The van der Waals surface area contributed by atoms with Gasteiger partial charge in [0.15, 0.2) is 0 Å². The summed E-state index contributed by atoms with van der Waals surface area (Å²) in [5, 5.41) is 0. The number of aryl methyl sites for hydroxylation is 1. The van der Waals surface area contributed by atoms with Gasteiger partial charge in [0.05, 0.1) is 11.4 Å². The molecule has 174 valence electrons. The number of carbonyl (C=O) groups is 1. The third-order valence-corrected chi connectivity index (χ3v) is 6.60. The van der Waals surface area contributed by atoms with E-state index in [4.69, 9.17) is 0 Å². The number of hydrogen-bond acceptors (Lipinski definition) is 3. The van der Waals surface area contributed by atoms with E-state index in [0.717, 1.165) is 6.07 Å². The molecule has 1 unspecified atom stereocenters. The summed E-state index contributed by atoms with van der Waals surface area (Å²) in [7, 11) is 0. The van der Waals surface area contributed by atoms with E-state index in [2.05, 4.69) is 0 Å². The SMILES string of the molecule is Cc1cc(F)c(N2CCN(C(=O)C3(C(F)(F)F)CC3(F)F)CC2)cc1SCC(F)(F)F. The van der Waals surface area contributed by atoms with Crippen LogP contribution in [-0.4, -0.2) is 61.0 Å². The Morgan fingerprint density at radius 3 is 2.06 bits per heavy atom. The smallest absolute Gasteiger partial charge is 0.366 e. The van der Waals surface area contributed by atoms with Crippen molar-refractivity contribution >= 4 is 23.4 Å². The first-order chi connectivity index (χ1) is 14.1. The molecule has 13 heteroatoms. The van der Waals surface area contributed by atoms with Crippen molar-refractivity contribution < 1.29 is 44.3 Å². The van der Waals surface area contributed by atoms with E-state index in [1.54, 1.807) is 0 Å². The molecule has 1 aliphatic carbocycles. The Bertz CT molecular complexity index is 863. The fourth-order valence-corrected chi connectivity index (χ4v) is 4.37. The van der Waals surface area contributed by atoms with Crippen molar-refractivity contribution in [3.05, 3.63) is 23.5 Å². The lowest BCUT2D eigenvalue weighted by molar-refractivity contribution is -0.217. The van der Waals surface area contributed by atoms with Gasteiger partial charge in [-0.3, -0.25) is 4.79 Å². The number of amides is 1. The molecule has 0 N–H and O–H groups in total. The van der Waals surface area contributed by atoms with Crippen LogP contribution < -0.4 is 4.90 Å². The van der Waals surface area contributed by atoms with Crippen molar-refractivity contribution in [2.24, 2.45) is 5.41 Å². The summed E-state index contributed by atoms with van der Waals surface area (Å²) in [4.78, 5) is 14.5. The van der Waals surface area contributed by atoms with Gasteiger partial charge in [-0.2, -0.15) is 26.3 Å². The van der Waals surface area contributed by atoms with Crippen LogP contribution >= 0.6 is 11.8 Å². The monoisotopic (exact) mass is 480 g/mol. The highest BCUT2D eigenvalue weighted by Crippen LogP contribution is 2.69. The summed E-state index contributed by atoms with van der Waals surface area (Å²) < 4.78 is 118. The second kappa shape index (κ2) is 7.66. The zero-order valence-corrected chi connectivity index (χ0v) is 16.8. The zero-order chi connectivity index (χ0) is 23.4. The summed E-state index contributed by atoms with van der Waals surface area (Å²) in [6, 6.07) is 2.26. The Morgan fingerprint density at radius 2 is 1.61 bits per heavy atom. The van der Waals surface area contributed by atoms with Crippen LogP contribution in [0.5, 0.6) is 0 Å². The lowest BCUT2D eigenvalue weighted by atomic mass is 10.0. The molecule has 0 bridgehead atoms. The first-order valence-electron chi connectivity index (χ1n) is 9.08. The van der Waals surface area contributed by atoms with Gasteiger partial charge in [-0.25, -0.2) is 13.2 Å². The van der Waals surface area contributed by atoms with E-state index in [0.29, 0.717) is 16.7 Å². The summed E-state index contributed by atoms with van der Waals surface area (Å²) >= 11 is 0.469. The van der Waals surface area contributed by atoms with Crippen LogP contribution in [0.1, 0.15) is 12.0 Å². The number of rotatable bonds is 4. The number of hydrogen-bond donors (Lipinski definition) is 0. The van der Waals surface area contributed by atoms with Crippen molar-refractivity contribution in [3.63, 3.8) is 0 Å². The maximum atomic E-state index is 14.4. The molecule has 0 spiro atoms. The molecule has 2 fully saturated rings. The van der Waals surface area contributed by atoms with Gasteiger partial charge in [0.1, 0.15) is 5.82 Å². The Balaban J connectivity index is 1.72. The number of carbonyl (C=O) groups excluding carboxylic acids is 1. The molecule has 1 aromatic rings. The molecule has 1 saturated carbocycles. The lowest BCUT2D eigenvalue weighted by Crippen LogP contribution is -2.54. The molecule has 1 saturated heterocycles. The van der Waals surface area contributed by atoms with Crippen LogP contribution in [0.2, 0.25) is 0 Å². The van der Waals surface area contributed by atoms with Gasteiger partial charge in [-0.15, -0.1) is 11.8 Å². The minimum atomic E-state index is -5.40. The first-order valence-corrected chi connectivity index (χ1v) is 10.1. The quantitative estimate of drug-likeness (QED) is 0.447. The lowest BCUT2D eigenvalue weighted by Gasteiger charge is -2.38. The maximum absolute atomic E-state index is 14.4. The number of nitrogens with zero attached hydrogens (tertiary/aromatic N) is 2. The highest BCUT2D eigenvalue weighted by atomic mass is 32.2. The Labute approximate surface area is 175 Å². The summed E-state index contributed by atoms with van der Waals surface area (Å²) in [5.41, 5.74) is -3.50. The topological polar surface area (TPSA) is 23.6 Å². The molecule has 2 aliphatic rings. The Kier molecular flexibility index (Phi) is 5.90. The molecule has 1 aromatic carbocycles. The van der Waals surface area contributed by atoms with Crippen molar-refractivity contribution in [1.29, 1.82) is 0 Å². The molecule has 1 aliphatic heterocycles. The number of thioether (sulfide) groups is 1. The van der Waals surface area contributed by atoms with Gasteiger partial charge in [-0.05, 0) is 24.6 Å². The minimum Gasteiger partial charge on any atom is -0.366 e. The van der Waals surface area contributed by atoms with E-state index in [9.17, 15) is 44.3 Å². The molecule has 1 amide bonds. The zero-order valence-electron chi connectivity index (χ0n) is 16.0. The van der Waals surface area contributed by atoms with E-state index in [1.165, 1.54) is 17.9 Å². The molecule has 3 nitrogen and oxygen atoms in total. The molecule has 0 radical (unpaired) electrons. The molecular formula is C18H17F9N2OS. The number of anilines is 1. The van der Waals surface area contributed by atoms with Crippen molar-refractivity contribution in [2.45, 2.75) is 36.5 Å². The fraction of sp³-hybridized carbons (Fsp3) is 0.611. The number of piperazine rings is 1. The predicted octanol–water partition coefficient (Wildman–Crippen LogP) is 5.02. The summed E-state index contributed by atoms with van der Waals surface area (Å²) in [6.07, 6.45) is -11.4. The van der Waals surface area contributed by atoms with Gasteiger partial charge in [0.25, 0.3) is 5.92 Å². The van der Waals surface area contributed by atoms with Crippen molar-refractivity contribution in [1.82, 2.24) is 4.90 Å². The van der Waals surface area contributed by atoms with E-state index in [-0.39, 0.29) is 42.3 Å². The van der Waals surface area contributed by atoms with Crippen LogP contribution in [0.4, 0.5) is 45.2 Å². The van der Waals surface area contributed by atoms with E-state index in [1.807, 2.05) is 0 Å². The largest absolute Gasteiger partial charge is 0.409 e. The van der Waals surface area contributed by atoms with E-state index < -0.39 is 47.6 Å². The molecule has 31 heavy (non-hydrogen) atoms. The van der Waals surface area contributed by atoms with Crippen LogP contribution in [0.3, 0.4) is 0 Å². The number of halogens is 9. The van der Waals surface area contributed by atoms with Crippen LogP contribution in [-0.2, 0) is 4.79 Å². The average molecular weight is 480 g/mol. The van der Waals surface area contributed by atoms with Crippen molar-refractivity contribution in [2.75, 3.05) is 36.8 Å². The molecule has 0 aromatic heterocycles. The first kappa shape index (κ1) is 23.9. The fourth-order valence-electron chi connectivity index (χ4n) is 3.57. The van der Waals surface area contributed by atoms with Crippen LogP contribution in [0, 0.1) is 18.2 Å². The van der Waals surface area contributed by atoms with Crippen LogP contribution in [0.15, 0.2) is 17.0 Å². The van der Waals surface area contributed by atoms with Gasteiger partial charge in [0, 0.05) is 37.5 Å². The second-order valence-corrected chi connectivity index (χ2v) is 8.55. The summed E-state index contributed by atoms with van der Waals surface area (Å²) in [5.74, 6) is -7.81. The third kappa shape index (κ3) is 4.42. The predicted molar refractivity (Wildman–Crippen MR) is 94.8 cm³/mol. The normalized spacial score (nSPS) is 23.8. The van der Waals surface area contributed by atoms with Gasteiger partial charge < -0.3 is 9.80 Å². The van der Waals surface area contributed by atoms with E-state index >= 15 is 0 Å². The Hall–Kier alpha value is -1.79. The van der Waals surface area contributed by atoms with Gasteiger partial charge >= 0.3 is 12.4 Å². The Morgan fingerprint density at radius 1 is 1.06 bits per heavy atom. The highest BCUT2D eigenvalue weighted by molar-refractivity contribution is 7.99. The van der Waals surface area contributed by atoms with Crippen LogP contribution in [0.25, 0.3) is 0 Å². The second-order valence-electron chi connectivity index (χ2n) is 7.54. The molecule has 3 rings (SSSR count). The van der Waals surface area contributed by atoms with Gasteiger partial charge in [-0.1, -0.05) is 0 Å². The van der Waals surface area contributed by atoms with Crippen molar-refractivity contribution in [3.8, 4) is 0 Å². The average Bonchev–Trinajstić information content (AvgIpc) is 3.24. The highest BCUT2D eigenvalue weighted by Gasteiger charge is 2.88. The molecule has 1 heterocycles. The number of benzene rings is 1. The third-order valence-electron chi connectivity index (χ3n) is 5.38. The molecular weight excluding hydrogens is 463 g/mol. The standard InChI is InChI=1S/C18H17F9N2OS/c1-10-6-11(19)12(7-13(10)31-9-17(22,23)24)28-2-4-29(5-3-28)14(30)15(18(25,26)27)8-16(15,20)21/h6-7H,2-5,8-9H2,1H3. The molecule has 1 atom stereocenters. The van der Waals surface area contributed by atoms with Gasteiger partial charge in [0.2, 0.25) is 11.3 Å². The number of alkyl halides is 8. The maximum Gasteiger partial charge on any atom is 0.409 e. The minimum absolute atomic E-state index is 0.0651.